The van der Waals surface area contributed by atoms with Gasteiger partial charge in [-0.05, 0) is 19.8 Å². The molecule has 0 unspecified atom stereocenters. The fourth-order valence-electron chi connectivity index (χ4n) is 0.907. The molecule has 0 aromatic rings. The molecule has 0 spiro atoms. The molecule has 14 heavy (non-hydrogen) atoms. The van der Waals surface area contributed by atoms with Crippen molar-refractivity contribution in [2.75, 3.05) is 13.2 Å². The minimum Gasteiger partial charge on any atom is -0.464 e. The minimum atomic E-state index is -0.418. The zero-order valence-corrected chi connectivity index (χ0v) is 9.54. The smallest absolute Gasteiger partial charge is 0.334 e. The number of ether oxygens (including phenoxy) is 2. The Morgan fingerprint density at radius 3 is 2.29 bits per heavy atom. The lowest BCUT2D eigenvalue weighted by molar-refractivity contribution is -0.156. The number of hydrogen-bond acceptors (Lipinski definition) is 3. The largest absolute Gasteiger partial charge is 0.464 e. The molecule has 0 saturated heterocycles. The first-order valence-corrected chi connectivity index (χ1v) is 5.50. The Bertz CT molecular complexity index is 145. The van der Waals surface area contributed by atoms with Crippen LogP contribution in [0.1, 0.15) is 46.5 Å². The third kappa shape index (κ3) is 6.89. The second kappa shape index (κ2) is 9.00. The van der Waals surface area contributed by atoms with Gasteiger partial charge in [-0.1, -0.05) is 26.7 Å². The van der Waals surface area contributed by atoms with Crippen molar-refractivity contribution < 1.29 is 14.3 Å². The predicted octanol–water partition coefficient (Wildman–Crippen LogP) is 2.53. The van der Waals surface area contributed by atoms with E-state index in [4.69, 9.17) is 9.47 Å². The van der Waals surface area contributed by atoms with Gasteiger partial charge < -0.3 is 9.47 Å². The zero-order chi connectivity index (χ0) is 10.8. The molecule has 0 heterocycles. The maximum Gasteiger partial charge on any atom is 0.334 e. The average molecular weight is 202 g/mol. The Morgan fingerprint density at radius 1 is 1.14 bits per heavy atom. The molecule has 3 nitrogen and oxygen atoms in total. The number of rotatable bonds is 8. The van der Waals surface area contributed by atoms with Crippen LogP contribution < -0.4 is 0 Å². The summed E-state index contributed by atoms with van der Waals surface area (Å²) in [6, 6.07) is 0. The van der Waals surface area contributed by atoms with Crippen molar-refractivity contribution in [2.24, 2.45) is 0 Å². The molecule has 0 aliphatic heterocycles. The van der Waals surface area contributed by atoms with Crippen LogP contribution in [-0.4, -0.2) is 25.3 Å². The SMILES string of the molecule is CCCCOC(=O)[C@H](C)OCCCC. The summed E-state index contributed by atoms with van der Waals surface area (Å²) >= 11 is 0. The normalized spacial score (nSPS) is 12.5. The number of carbonyl (C=O) groups excluding carboxylic acids is 1. The van der Waals surface area contributed by atoms with E-state index < -0.39 is 6.10 Å². The van der Waals surface area contributed by atoms with Gasteiger partial charge in [0.15, 0.2) is 6.10 Å². The summed E-state index contributed by atoms with van der Waals surface area (Å²) in [7, 11) is 0. The fourth-order valence-corrected chi connectivity index (χ4v) is 0.907. The van der Waals surface area contributed by atoms with E-state index in [0.717, 1.165) is 25.7 Å². The topological polar surface area (TPSA) is 35.5 Å². The Balaban J connectivity index is 3.44. The Kier molecular flexibility index (Phi) is 8.64. The van der Waals surface area contributed by atoms with E-state index >= 15 is 0 Å². The van der Waals surface area contributed by atoms with Crippen LogP contribution in [0.15, 0.2) is 0 Å². The predicted molar refractivity (Wildman–Crippen MR) is 56.2 cm³/mol. The number of hydrogen-bond donors (Lipinski definition) is 0. The van der Waals surface area contributed by atoms with E-state index in [-0.39, 0.29) is 5.97 Å². The molecule has 0 aliphatic rings. The summed E-state index contributed by atoms with van der Waals surface area (Å²) in [5.41, 5.74) is 0. The summed E-state index contributed by atoms with van der Waals surface area (Å²) < 4.78 is 10.3. The van der Waals surface area contributed by atoms with Gasteiger partial charge in [0.25, 0.3) is 0 Å². The summed E-state index contributed by atoms with van der Waals surface area (Å²) in [6.07, 6.45) is 3.62. The highest BCUT2D eigenvalue weighted by atomic mass is 16.6. The van der Waals surface area contributed by atoms with Crippen LogP contribution in [0.5, 0.6) is 0 Å². The molecule has 0 aromatic heterocycles. The van der Waals surface area contributed by atoms with Crippen LogP contribution in [-0.2, 0) is 14.3 Å². The van der Waals surface area contributed by atoms with Crippen LogP contribution in [0, 0.1) is 0 Å². The molecule has 0 aliphatic carbocycles. The molecule has 0 fully saturated rings. The third-order valence-electron chi connectivity index (χ3n) is 1.94. The number of unbranched alkanes of at least 4 members (excludes halogenated alkanes) is 2. The van der Waals surface area contributed by atoms with Crippen molar-refractivity contribution in [1.82, 2.24) is 0 Å². The van der Waals surface area contributed by atoms with E-state index in [1.807, 2.05) is 0 Å². The standard InChI is InChI=1S/C11H22O3/c1-4-6-8-13-10(3)11(12)14-9-7-5-2/h10H,4-9H2,1-3H3/t10-/m0/s1. The van der Waals surface area contributed by atoms with Gasteiger partial charge in [-0.15, -0.1) is 0 Å². The zero-order valence-electron chi connectivity index (χ0n) is 9.54. The van der Waals surface area contributed by atoms with Gasteiger partial charge in [0, 0.05) is 6.61 Å². The number of carbonyl (C=O) groups is 1. The van der Waals surface area contributed by atoms with Gasteiger partial charge in [-0.3, -0.25) is 0 Å². The van der Waals surface area contributed by atoms with Crippen LogP contribution in [0.3, 0.4) is 0 Å². The van der Waals surface area contributed by atoms with Crippen molar-refractivity contribution in [3.8, 4) is 0 Å². The molecule has 0 N–H and O–H groups in total. The molecule has 0 radical (unpaired) electrons. The molecular weight excluding hydrogens is 180 g/mol. The van der Waals surface area contributed by atoms with Crippen molar-refractivity contribution in [3.63, 3.8) is 0 Å². The van der Waals surface area contributed by atoms with E-state index in [9.17, 15) is 4.79 Å². The summed E-state index contributed by atoms with van der Waals surface area (Å²) in [5, 5.41) is 0. The van der Waals surface area contributed by atoms with Crippen LogP contribution in [0.4, 0.5) is 0 Å². The maximum absolute atomic E-state index is 11.3. The quantitative estimate of drug-likeness (QED) is 0.448. The molecule has 0 saturated carbocycles. The Morgan fingerprint density at radius 2 is 1.71 bits per heavy atom. The summed E-state index contributed by atoms with van der Waals surface area (Å²) in [6.45, 7) is 7.05. The van der Waals surface area contributed by atoms with E-state index in [1.165, 1.54) is 0 Å². The first-order chi connectivity index (χ1) is 6.72. The first-order valence-electron chi connectivity index (χ1n) is 5.50. The molecule has 1 atom stereocenters. The highest BCUT2D eigenvalue weighted by Gasteiger charge is 2.13. The van der Waals surface area contributed by atoms with Gasteiger partial charge in [0.1, 0.15) is 0 Å². The first kappa shape index (κ1) is 13.4. The molecule has 0 amide bonds. The summed E-state index contributed by atoms with van der Waals surface area (Å²) in [5.74, 6) is -0.241. The van der Waals surface area contributed by atoms with Crippen LogP contribution in [0.25, 0.3) is 0 Å². The minimum absolute atomic E-state index is 0.241. The second-order valence-electron chi connectivity index (χ2n) is 3.39. The van der Waals surface area contributed by atoms with Crippen LogP contribution in [0.2, 0.25) is 0 Å². The van der Waals surface area contributed by atoms with E-state index in [0.29, 0.717) is 13.2 Å². The second-order valence-corrected chi connectivity index (χ2v) is 3.39. The lowest BCUT2D eigenvalue weighted by atomic mass is 10.3. The van der Waals surface area contributed by atoms with Gasteiger partial charge in [0.2, 0.25) is 0 Å². The molecule has 0 rings (SSSR count). The molecular formula is C11H22O3. The average Bonchev–Trinajstić information content (AvgIpc) is 2.18. The van der Waals surface area contributed by atoms with Gasteiger partial charge in [0.05, 0.1) is 6.61 Å². The van der Waals surface area contributed by atoms with E-state index in [1.54, 1.807) is 6.92 Å². The van der Waals surface area contributed by atoms with Crippen molar-refractivity contribution in [1.29, 1.82) is 0 Å². The Labute approximate surface area is 86.8 Å². The Hall–Kier alpha value is -0.570. The van der Waals surface area contributed by atoms with Gasteiger partial charge in [-0.25, -0.2) is 4.79 Å². The number of esters is 1. The van der Waals surface area contributed by atoms with Gasteiger partial charge >= 0.3 is 5.97 Å². The van der Waals surface area contributed by atoms with Gasteiger partial charge in [-0.2, -0.15) is 0 Å². The van der Waals surface area contributed by atoms with E-state index in [2.05, 4.69) is 13.8 Å². The lowest BCUT2D eigenvalue weighted by Crippen LogP contribution is -2.24. The van der Waals surface area contributed by atoms with Crippen molar-refractivity contribution in [3.05, 3.63) is 0 Å². The lowest BCUT2D eigenvalue weighted by Gasteiger charge is -2.11. The van der Waals surface area contributed by atoms with Crippen molar-refractivity contribution in [2.45, 2.75) is 52.6 Å². The van der Waals surface area contributed by atoms with Crippen molar-refractivity contribution >= 4 is 5.97 Å². The molecule has 84 valence electrons. The highest BCUT2D eigenvalue weighted by molar-refractivity contribution is 5.74. The molecule has 0 aromatic carbocycles. The fraction of sp³-hybridized carbons (Fsp3) is 0.909. The summed E-state index contributed by atoms with van der Waals surface area (Å²) in [4.78, 5) is 11.3. The monoisotopic (exact) mass is 202 g/mol. The molecule has 0 bridgehead atoms. The molecule has 3 heteroatoms. The highest BCUT2D eigenvalue weighted by Crippen LogP contribution is 1.99. The maximum atomic E-state index is 11.3. The third-order valence-corrected chi connectivity index (χ3v) is 1.94. The van der Waals surface area contributed by atoms with Crippen LogP contribution >= 0.6 is 0 Å².